The summed E-state index contributed by atoms with van der Waals surface area (Å²) in [5.41, 5.74) is 1.58. The van der Waals surface area contributed by atoms with Crippen LogP contribution in [0.25, 0.3) is 0 Å². The molecule has 2 aromatic rings. The van der Waals surface area contributed by atoms with Crippen molar-refractivity contribution in [3.8, 4) is 0 Å². The summed E-state index contributed by atoms with van der Waals surface area (Å²) >= 11 is 0. The standard InChI is InChI=1S/C22H41NP.C5H5.Fe/c1-9-11-16-23(17-12-10-2)18-19-14-13-15-20(19)24(21(3,4)5)22(6,7)8;1-2-4-5-3-1;/h13-15H,9-12,16-18H2,1-8H3;1-5H;/q2*-1;+2. The molecule has 0 aliphatic carbocycles. The summed E-state index contributed by atoms with van der Waals surface area (Å²) in [6.45, 7) is 22.7. The number of hydrogen-bond donors (Lipinski definition) is 0. The van der Waals surface area contributed by atoms with Gasteiger partial charge in [-0.15, -0.1) is 10.9 Å². The van der Waals surface area contributed by atoms with Crippen molar-refractivity contribution in [2.24, 2.45) is 0 Å². The summed E-state index contributed by atoms with van der Waals surface area (Å²) < 4.78 is 0. The van der Waals surface area contributed by atoms with Gasteiger partial charge in [0.05, 0.1) is 0 Å². The van der Waals surface area contributed by atoms with E-state index < -0.39 is 0 Å². The average molecular weight is 471 g/mol. The molecule has 2 rings (SSSR count). The zero-order valence-electron chi connectivity index (χ0n) is 20.8. The Kier molecular flexibility index (Phi) is 14.4. The van der Waals surface area contributed by atoms with Gasteiger partial charge in [-0.25, -0.2) is 24.3 Å². The molecule has 0 spiro atoms. The van der Waals surface area contributed by atoms with Gasteiger partial charge in [0, 0.05) is 0 Å². The zero-order valence-corrected chi connectivity index (χ0v) is 22.8. The first kappa shape index (κ1) is 29.6. The predicted octanol–water partition coefficient (Wildman–Crippen LogP) is 7.91. The van der Waals surface area contributed by atoms with Crippen molar-refractivity contribution in [1.29, 1.82) is 0 Å². The van der Waals surface area contributed by atoms with Crippen molar-refractivity contribution in [1.82, 2.24) is 4.90 Å². The number of nitrogens with zero attached hydrogens (tertiary/aromatic N) is 1. The SMILES string of the molecule is CCCCN(CCCC)C[c-]1cccc1P(C(C)(C)C)C(C)(C)C.[Fe+2].c1cc[cH-]c1. The van der Waals surface area contributed by atoms with E-state index in [4.69, 9.17) is 0 Å². The first-order chi connectivity index (χ1) is 13.6. The van der Waals surface area contributed by atoms with E-state index in [2.05, 4.69) is 78.5 Å². The van der Waals surface area contributed by atoms with E-state index in [1.54, 1.807) is 10.9 Å². The molecule has 0 aliphatic rings. The second kappa shape index (κ2) is 14.6. The minimum atomic E-state index is -0.205. The molecule has 0 fully saturated rings. The average Bonchev–Trinajstić information content (AvgIpc) is 3.30. The van der Waals surface area contributed by atoms with Gasteiger partial charge in [0.25, 0.3) is 0 Å². The molecule has 0 saturated heterocycles. The molecule has 0 aromatic heterocycles. The van der Waals surface area contributed by atoms with Crippen molar-refractivity contribution in [3.05, 3.63) is 54.1 Å². The minimum absolute atomic E-state index is 0. The van der Waals surface area contributed by atoms with Crippen molar-refractivity contribution in [3.63, 3.8) is 0 Å². The molecule has 30 heavy (non-hydrogen) atoms. The number of hydrogen-bond acceptors (Lipinski definition) is 1. The summed E-state index contributed by atoms with van der Waals surface area (Å²) in [5.74, 6) is 0. The summed E-state index contributed by atoms with van der Waals surface area (Å²) in [6, 6.07) is 17.1. The van der Waals surface area contributed by atoms with Gasteiger partial charge in [-0.05, 0) is 42.8 Å². The maximum Gasteiger partial charge on any atom is 2.00 e. The van der Waals surface area contributed by atoms with E-state index in [9.17, 15) is 0 Å². The molecule has 1 nitrogen and oxygen atoms in total. The molecule has 2 aromatic carbocycles. The molecule has 3 heteroatoms. The largest absolute Gasteiger partial charge is 2.00 e. The van der Waals surface area contributed by atoms with Crippen molar-refractivity contribution in [2.75, 3.05) is 13.1 Å². The van der Waals surface area contributed by atoms with Gasteiger partial charge in [-0.3, -0.25) is 0 Å². The third kappa shape index (κ3) is 10.8. The molecule has 0 radical (unpaired) electrons. The van der Waals surface area contributed by atoms with Gasteiger partial charge < -0.3 is 4.90 Å². The number of unbranched alkanes of at least 4 members (excludes halogenated alkanes) is 2. The maximum atomic E-state index is 2.69. The predicted molar refractivity (Wildman–Crippen MR) is 135 cm³/mol. The van der Waals surface area contributed by atoms with E-state index in [1.165, 1.54) is 38.8 Å². The van der Waals surface area contributed by atoms with E-state index in [-0.39, 0.29) is 25.0 Å². The van der Waals surface area contributed by atoms with Crippen LogP contribution < -0.4 is 5.30 Å². The third-order valence-corrected chi connectivity index (χ3v) is 8.67. The Morgan fingerprint density at radius 1 is 0.867 bits per heavy atom. The summed E-state index contributed by atoms with van der Waals surface area (Å²) in [5, 5.41) is 2.32. The second-order valence-corrected chi connectivity index (χ2v) is 13.9. The van der Waals surface area contributed by atoms with E-state index >= 15 is 0 Å². The molecule has 172 valence electrons. The monoisotopic (exact) mass is 471 g/mol. The van der Waals surface area contributed by atoms with E-state index in [0.717, 1.165) is 6.54 Å². The third-order valence-electron chi connectivity index (χ3n) is 5.07. The molecule has 0 unspecified atom stereocenters. The van der Waals surface area contributed by atoms with Crippen LogP contribution in [0.2, 0.25) is 0 Å². The molecule has 0 atom stereocenters. The minimum Gasteiger partial charge on any atom is -0.310 e. The van der Waals surface area contributed by atoms with Crippen LogP contribution in [0, 0.1) is 0 Å². The molecular formula is C27H46FeNP. The molecular weight excluding hydrogens is 425 g/mol. The normalized spacial score (nSPS) is 11.9. The second-order valence-electron chi connectivity index (χ2n) is 10.1. The van der Waals surface area contributed by atoms with Crippen LogP contribution in [-0.2, 0) is 23.6 Å². The molecule has 0 aliphatic heterocycles. The Hall–Kier alpha value is -0.391. The van der Waals surface area contributed by atoms with Crippen LogP contribution in [0.4, 0.5) is 0 Å². The van der Waals surface area contributed by atoms with E-state index in [0.29, 0.717) is 10.3 Å². The van der Waals surface area contributed by atoms with Crippen molar-refractivity contribution < 1.29 is 17.1 Å². The van der Waals surface area contributed by atoms with Gasteiger partial charge in [0.2, 0.25) is 0 Å². The topological polar surface area (TPSA) is 3.24 Å². The van der Waals surface area contributed by atoms with Crippen LogP contribution in [0.15, 0.2) is 48.5 Å². The Morgan fingerprint density at radius 2 is 1.37 bits per heavy atom. The molecule has 0 heterocycles. The maximum absolute atomic E-state index is 2.69. The Bertz CT molecular complexity index is 591. The fourth-order valence-corrected chi connectivity index (χ4v) is 8.25. The van der Waals surface area contributed by atoms with Gasteiger partial charge in [0.15, 0.2) is 0 Å². The van der Waals surface area contributed by atoms with E-state index in [1.807, 2.05) is 30.3 Å². The van der Waals surface area contributed by atoms with Crippen LogP contribution >= 0.6 is 7.92 Å². The molecule has 0 saturated carbocycles. The Labute approximate surface area is 200 Å². The molecule has 0 N–H and O–H groups in total. The quantitative estimate of drug-likeness (QED) is 0.204. The Morgan fingerprint density at radius 3 is 1.73 bits per heavy atom. The van der Waals surface area contributed by atoms with Crippen LogP contribution in [-0.4, -0.2) is 28.3 Å². The van der Waals surface area contributed by atoms with Crippen LogP contribution in [0.3, 0.4) is 0 Å². The number of rotatable bonds is 9. The van der Waals surface area contributed by atoms with Crippen LogP contribution in [0.1, 0.15) is 86.6 Å². The summed E-state index contributed by atoms with van der Waals surface area (Å²) in [7, 11) is -0.205. The fourth-order valence-electron chi connectivity index (χ4n) is 4.12. The smallest absolute Gasteiger partial charge is 0.310 e. The van der Waals surface area contributed by atoms with Crippen LogP contribution in [0.5, 0.6) is 0 Å². The molecule has 0 bridgehead atoms. The first-order valence-electron chi connectivity index (χ1n) is 11.5. The summed E-state index contributed by atoms with van der Waals surface area (Å²) in [6.07, 6.45) is 5.19. The zero-order chi connectivity index (χ0) is 21.9. The van der Waals surface area contributed by atoms with Gasteiger partial charge in [0.1, 0.15) is 0 Å². The molecule has 0 amide bonds. The Balaban J connectivity index is 0.00000122. The van der Waals surface area contributed by atoms with Gasteiger partial charge in [-0.2, -0.15) is 24.3 Å². The van der Waals surface area contributed by atoms with Crippen molar-refractivity contribution >= 4 is 13.2 Å². The summed E-state index contributed by atoms with van der Waals surface area (Å²) in [4.78, 5) is 2.69. The first-order valence-corrected chi connectivity index (χ1v) is 12.9. The van der Waals surface area contributed by atoms with Crippen molar-refractivity contribution in [2.45, 2.75) is 97.9 Å². The fraction of sp³-hybridized carbons (Fsp3) is 0.630. The van der Waals surface area contributed by atoms with Gasteiger partial charge >= 0.3 is 17.1 Å². The van der Waals surface area contributed by atoms with Gasteiger partial charge in [-0.1, -0.05) is 76.2 Å².